The summed E-state index contributed by atoms with van der Waals surface area (Å²) in [6.45, 7) is 4.97. The van der Waals surface area contributed by atoms with E-state index in [1.165, 1.54) is 28.8 Å². The van der Waals surface area contributed by atoms with Gasteiger partial charge in [-0.3, -0.25) is 29.6 Å². The molecule has 4 aromatic rings. The van der Waals surface area contributed by atoms with E-state index in [-0.39, 0.29) is 28.1 Å². The van der Waals surface area contributed by atoms with Crippen molar-refractivity contribution in [3.63, 3.8) is 0 Å². The molecule has 0 radical (unpaired) electrons. The van der Waals surface area contributed by atoms with Gasteiger partial charge in [-0.2, -0.15) is 0 Å². The molecule has 0 aliphatic carbocycles. The predicted molar refractivity (Wildman–Crippen MR) is 149 cm³/mol. The van der Waals surface area contributed by atoms with Crippen LogP contribution in [0.15, 0.2) is 80.1 Å². The van der Waals surface area contributed by atoms with Gasteiger partial charge in [-0.05, 0) is 38.5 Å². The van der Waals surface area contributed by atoms with Crippen molar-refractivity contribution in [2.24, 2.45) is 4.99 Å². The summed E-state index contributed by atoms with van der Waals surface area (Å²) in [6, 6.07) is 12.8. The molecule has 0 N–H and O–H groups in total. The molecule has 0 amide bonds. The molecular weight excluding hydrogens is 552 g/mol. The molecule has 1 atom stereocenters. The SMILES string of the molecule is CCOC(=O)C1=C(C)N=c2s/c(=C/c3ccc(-c4cccc([N+](=O)[O-])c4)o3)c(=O)n2[C@@H]1c1ccc(C)c([N+](=O)[O-])c1. The lowest BCUT2D eigenvalue weighted by atomic mass is 9.94. The van der Waals surface area contributed by atoms with Crippen LogP contribution in [0.3, 0.4) is 0 Å². The van der Waals surface area contributed by atoms with E-state index in [2.05, 4.69) is 4.99 Å². The highest BCUT2D eigenvalue weighted by atomic mass is 32.1. The number of benzene rings is 2. The number of aromatic nitrogens is 1. The lowest BCUT2D eigenvalue weighted by Gasteiger charge is -2.24. The highest BCUT2D eigenvalue weighted by Crippen LogP contribution is 2.33. The summed E-state index contributed by atoms with van der Waals surface area (Å²) >= 11 is 1.07. The van der Waals surface area contributed by atoms with Crippen molar-refractivity contribution in [3.05, 3.63) is 123 Å². The minimum Gasteiger partial charge on any atom is -0.463 e. The fourth-order valence-electron chi connectivity index (χ4n) is 4.59. The van der Waals surface area contributed by atoms with Gasteiger partial charge in [-0.1, -0.05) is 35.6 Å². The van der Waals surface area contributed by atoms with Crippen LogP contribution >= 0.6 is 11.3 Å². The number of non-ortho nitro benzene ring substituents is 1. The van der Waals surface area contributed by atoms with E-state index in [1.54, 1.807) is 57.2 Å². The molecule has 5 rings (SSSR count). The monoisotopic (exact) mass is 574 g/mol. The van der Waals surface area contributed by atoms with E-state index in [0.717, 1.165) is 11.3 Å². The van der Waals surface area contributed by atoms with Crippen molar-refractivity contribution in [3.8, 4) is 11.3 Å². The molecule has 0 spiro atoms. The second kappa shape index (κ2) is 10.8. The van der Waals surface area contributed by atoms with Crippen molar-refractivity contribution < 1.29 is 23.8 Å². The van der Waals surface area contributed by atoms with E-state index in [1.807, 2.05) is 0 Å². The lowest BCUT2D eigenvalue weighted by Crippen LogP contribution is -2.40. The second-order valence-electron chi connectivity index (χ2n) is 9.11. The summed E-state index contributed by atoms with van der Waals surface area (Å²) in [5.74, 6) is 0.0162. The maximum atomic E-state index is 13.8. The number of aryl methyl sites for hydroxylation is 1. The number of ether oxygens (including phenoxy) is 1. The molecule has 0 fully saturated rings. The lowest BCUT2D eigenvalue weighted by molar-refractivity contribution is -0.385. The van der Waals surface area contributed by atoms with E-state index >= 15 is 0 Å². The average molecular weight is 575 g/mol. The van der Waals surface area contributed by atoms with Gasteiger partial charge < -0.3 is 9.15 Å². The first-order valence-corrected chi connectivity index (χ1v) is 13.2. The number of furan rings is 1. The van der Waals surface area contributed by atoms with Crippen LogP contribution in [-0.4, -0.2) is 27.0 Å². The second-order valence-corrected chi connectivity index (χ2v) is 10.1. The Labute approximate surface area is 235 Å². The third-order valence-corrected chi connectivity index (χ3v) is 7.49. The Balaban J connectivity index is 1.65. The molecule has 0 saturated heterocycles. The number of fused-ring (bicyclic) bond motifs is 1. The minimum atomic E-state index is -1.01. The number of carbonyl (C=O) groups is 1. The maximum Gasteiger partial charge on any atom is 0.338 e. The molecule has 3 heterocycles. The maximum absolute atomic E-state index is 13.8. The molecule has 0 unspecified atom stereocenters. The molecule has 0 saturated carbocycles. The number of esters is 1. The van der Waals surface area contributed by atoms with Gasteiger partial charge >= 0.3 is 5.97 Å². The Morgan fingerprint density at radius 3 is 2.61 bits per heavy atom. The van der Waals surface area contributed by atoms with Crippen LogP contribution in [0.1, 0.15) is 36.8 Å². The number of rotatable bonds is 7. The van der Waals surface area contributed by atoms with Gasteiger partial charge in [-0.15, -0.1) is 0 Å². The van der Waals surface area contributed by atoms with Crippen LogP contribution in [-0.2, 0) is 9.53 Å². The van der Waals surface area contributed by atoms with Gasteiger partial charge in [0.15, 0.2) is 4.80 Å². The van der Waals surface area contributed by atoms with Crippen molar-refractivity contribution in [2.75, 3.05) is 6.61 Å². The molecule has 41 heavy (non-hydrogen) atoms. The van der Waals surface area contributed by atoms with Crippen molar-refractivity contribution in [1.29, 1.82) is 0 Å². The van der Waals surface area contributed by atoms with Crippen LogP contribution in [0.2, 0.25) is 0 Å². The number of hydrogen-bond donors (Lipinski definition) is 0. The molecule has 13 heteroatoms. The number of thiazole rings is 1. The minimum absolute atomic E-state index is 0.0853. The highest BCUT2D eigenvalue weighted by molar-refractivity contribution is 7.07. The van der Waals surface area contributed by atoms with Gasteiger partial charge in [0.1, 0.15) is 11.5 Å². The largest absolute Gasteiger partial charge is 0.463 e. The fourth-order valence-corrected chi connectivity index (χ4v) is 5.61. The van der Waals surface area contributed by atoms with Crippen molar-refractivity contribution >= 4 is 34.8 Å². The van der Waals surface area contributed by atoms with Gasteiger partial charge in [0.05, 0.1) is 38.3 Å². The molecule has 2 aromatic carbocycles. The Morgan fingerprint density at radius 1 is 1.12 bits per heavy atom. The van der Waals surface area contributed by atoms with Gasteiger partial charge in [0.2, 0.25) is 0 Å². The standard InChI is InChI=1S/C28H22N4O8S/c1-4-39-27(34)24-16(3)29-28-30(25(24)18-9-8-15(2)21(13-18)32(37)38)26(33)23(41-28)14-20-10-11-22(40-20)17-6-5-7-19(12-17)31(35)36/h5-14,25H,4H2,1-3H3/b23-14+/t25-/m1/s1. The summed E-state index contributed by atoms with van der Waals surface area (Å²) in [6.07, 6.45) is 1.52. The zero-order chi connectivity index (χ0) is 29.4. The Morgan fingerprint density at radius 2 is 1.90 bits per heavy atom. The van der Waals surface area contributed by atoms with E-state index < -0.39 is 27.4 Å². The number of nitro groups is 2. The van der Waals surface area contributed by atoms with Gasteiger partial charge in [0.25, 0.3) is 16.9 Å². The Kier molecular flexibility index (Phi) is 7.20. The summed E-state index contributed by atoms with van der Waals surface area (Å²) in [5, 5.41) is 22.8. The van der Waals surface area contributed by atoms with Crippen LogP contribution < -0.4 is 14.9 Å². The number of nitrogens with zero attached hydrogens (tertiary/aromatic N) is 4. The molecule has 208 valence electrons. The third kappa shape index (κ3) is 5.10. The summed E-state index contributed by atoms with van der Waals surface area (Å²) < 4.78 is 12.7. The summed E-state index contributed by atoms with van der Waals surface area (Å²) in [4.78, 5) is 53.4. The van der Waals surface area contributed by atoms with Crippen LogP contribution in [0, 0.1) is 27.2 Å². The van der Waals surface area contributed by atoms with Crippen LogP contribution in [0.5, 0.6) is 0 Å². The first-order valence-electron chi connectivity index (χ1n) is 12.4. The van der Waals surface area contributed by atoms with Crippen LogP contribution in [0.4, 0.5) is 11.4 Å². The Bertz CT molecular complexity index is 1950. The first-order chi connectivity index (χ1) is 19.6. The zero-order valence-corrected chi connectivity index (χ0v) is 22.8. The van der Waals surface area contributed by atoms with Gasteiger partial charge in [-0.25, -0.2) is 9.79 Å². The molecular formula is C28H22N4O8S. The number of nitro benzene ring substituents is 2. The first kappa shape index (κ1) is 27.4. The van der Waals surface area contributed by atoms with E-state index in [4.69, 9.17) is 9.15 Å². The smallest absolute Gasteiger partial charge is 0.338 e. The van der Waals surface area contributed by atoms with Gasteiger partial charge in [0, 0.05) is 35.4 Å². The fraction of sp³-hybridized carbons (Fsp3) is 0.179. The molecule has 0 bridgehead atoms. The van der Waals surface area contributed by atoms with E-state index in [0.29, 0.717) is 38.7 Å². The summed E-state index contributed by atoms with van der Waals surface area (Å²) in [5.41, 5.74) is 1.01. The molecule has 2 aromatic heterocycles. The molecule has 1 aliphatic heterocycles. The Hall–Kier alpha value is -5.17. The normalized spacial score (nSPS) is 14.9. The third-order valence-electron chi connectivity index (χ3n) is 6.50. The number of hydrogen-bond acceptors (Lipinski definition) is 10. The molecule has 12 nitrogen and oxygen atoms in total. The number of allylic oxidation sites excluding steroid dienone is 1. The van der Waals surface area contributed by atoms with Crippen molar-refractivity contribution in [2.45, 2.75) is 26.8 Å². The van der Waals surface area contributed by atoms with Crippen molar-refractivity contribution in [1.82, 2.24) is 4.57 Å². The van der Waals surface area contributed by atoms with E-state index in [9.17, 15) is 29.8 Å². The number of carbonyl (C=O) groups excluding carboxylic acids is 1. The summed E-state index contributed by atoms with van der Waals surface area (Å²) in [7, 11) is 0. The molecule has 1 aliphatic rings. The van der Waals surface area contributed by atoms with Crippen LogP contribution in [0.25, 0.3) is 17.4 Å². The topological polar surface area (TPSA) is 160 Å². The zero-order valence-electron chi connectivity index (χ0n) is 22.0. The predicted octanol–water partition coefficient (Wildman–Crippen LogP) is 4.18. The average Bonchev–Trinajstić information content (AvgIpc) is 3.52. The highest BCUT2D eigenvalue weighted by Gasteiger charge is 2.34. The quantitative estimate of drug-likeness (QED) is 0.180.